The molecule has 43 heavy (non-hydrogen) atoms. The molecule has 2 N–H and O–H groups in total. The van der Waals surface area contributed by atoms with E-state index in [1.807, 2.05) is 30.3 Å². The number of carbonyl (C=O) groups excluding carboxylic acids is 2. The third-order valence-corrected chi connectivity index (χ3v) is 7.31. The molecule has 2 aromatic heterocycles. The summed E-state index contributed by atoms with van der Waals surface area (Å²) >= 11 is 6.41. The van der Waals surface area contributed by atoms with Crippen LogP contribution in [0.15, 0.2) is 77.9 Å². The van der Waals surface area contributed by atoms with E-state index in [2.05, 4.69) is 15.6 Å². The zero-order valence-electron chi connectivity index (χ0n) is 24.4. The molecule has 2 amide bonds. The Morgan fingerprint density at radius 3 is 2.44 bits per heavy atom. The second kappa shape index (κ2) is 12.3. The van der Waals surface area contributed by atoms with E-state index >= 15 is 0 Å². The molecule has 10 nitrogen and oxygen atoms in total. The highest BCUT2D eigenvalue weighted by atomic mass is 35.5. The molecule has 3 heterocycles. The van der Waals surface area contributed by atoms with Gasteiger partial charge in [-0.25, -0.2) is 9.78 Å². The molecular weight excluding hydrogens is 568 g/mol. The standard InChI is InChI=1S/C32H33ClN6O4/c1-32(2,3)43-31(42)36-22(17-20-9-6-5-7-10-20)18-35-30-37-26(21-13-15-34-16-14-21)27(29(41)38(30)4)39-19-24-23(28(39)40)11-8-12-25(24)33/h5-16,22H,17-19H2,1-4H3,(H,35,37)(H,36,42)/t22-/m0/s1. The number of halogens is 1. The summed E-state index contributed by atoms with van der Waals surface area (Å²) in [5, 5.41) is 6.65. The van der Waals surface area contributed by atoms with Gasteiger partial charge in [-0.3, -0.25) is 24.0 Å². The van der Waals surface area contributed by atoms with Gasteiger partial charge in [-0.1, -0.05) is 48.0 Å². The van der Waals surface area contributed by atoms with Gasteiger partial charge in [0.05, 0.1) is 12.6 Å². The molecule has 0 fully saturated rings. The van der Waals surface area contributed by atoms with Crippen molar-refractivity contribution in [3.63, 3.8) is 0 Å². The first-order chi connectivity index (χ1) is 20.5. The van der Waals surface area contributed by atoms with Crippen LogP contribution in [-0.4, -0.2) is 44.7 Å². The zero-order valence-corrected chi connectivity index (χ0v) is 25.2. The highest BCUT2D eigenvalue weighted by Crippen LogP contribution is 2.35. The molecule has 0 spiro atoms. The van der Waals surface area contributed by atoms with Crippen LogP contribution in [0.3, 0.4) is 0 Å². The van der Waals surface area contributed by atoms with Crippen molar-refractivity contribution in [2.24, 2.45) is 7.05 Å². The maximum Gasteiger partial charge on any atom is 0.407 e. The normalized spacial score (nSPS) is 13.4. The van der Waals surface area contributed by atoms with E-state index in [0.29, 0.717) is 33.8 Å². The third kappa shape index (κ3) is 6.70. The lowest BCUT2D eigenvalue weighted by molar-refractivity contribution is 0.0506. The van der Waals surface area contributed by atoms with Crippen molar-refractivity contribution in [3.05, 3.63) is 105 Å². The molecule has 1 atom stereocenters. The molecule has 0 bridgehead atoms. The van der Waals surface area contributed by atoms with Crippen molar-refractivity contribution in [3.8, 4) is 11.3 Å². The lowest BCUT2D eigenvalue weighted by atomic mass is 10.1. The molecule has 0 saturated heterocycles. The summed E-state index contributed by atoms with van der Waals surface area (Å²) < 4.78 is 6.86. The minimum atomic E-state index is -0.660. The van der Waals surface area contributed by atoms with Gasteiger partial charge in [-0.05, 0) is 57.0 Å². The summed E-state index contributed by atoms with van der Waals surface area (Å²) in [6, 6.07) is 18.0. The smallest absolute Gasteiger partial charge is 0.407 e. The van der Waals surface area contributed by atoms with Gasteiger partial charge >= 0.3 is 6.09 Å². The van der Waals surface area contributed by atoms with Gasteiger partial charge in [0.2, 0.25) is 5.95 Å². The van der Waals surface area contributed by atoms with Crippen LogP contribution in [0.4, 0.5) is 16.4 Å². The number of hydrogen-bond acceptors (Lipinski definition) is 7. The number of fused-ring (bicyclic) bond motifs is 1. The number of pyridine rings is 1. The fraction of sp³-hybridized carbons (Fsp3) is 0.281. The summed E-state index contributed by atoms with van der Waals surface area (Å²) in [5.41, 5.74) is 2.15. The van der Waals surface area contributed by atoms with Gasteiger partial charge in [0, 0.05) is 47.7 Å². The summed E-state index contributed by atoms with van der Waals surface area (Å²) in [6.07, 6.45) is 3.17. The number of amides is 2. The van der Waals surface area contributed by atoms with Gasteiger partial charge in [-0.2, -0.15) is 0 Å². The number of nitrogens with one attached hydrogen (secondary N) is 2. The second-order valence-electron chi connectivity index (χ2n) is 11.3. The largest absolute Gasteiger partial charge is 0.444 e. The van der Waals surface area contributed by atoms with Gasteiger partial charge in [0.15, 0.2) is 0 Å². The fourth-order valence-corrected chi connectivity index (χ4v) is 5.17. The molecule has 5 rings (SSSR count). The van der Waals surface area contributed by atoms with E-state index in [0.717, 1.165) is 5.56 Å². The SMILES string of the molecule is Cn1c(NC[C@H](Cc2ccccc2)NC(=O)OC(C)(C)C)nc(-c2ccncc2)c(N2Cc3c(Cl)cccc3C2=O)c1=O. The summed E-state index contributed by atoms with van der Waals surface area (Å²) in [4.78, 5) is 50.5. The van der Waals surface area contributed by atoms with Crippen LogP contribution in [0.5, 0.6) is 0 Å². The van der Waals surface area contributed by atoms with Crippen LogP contribution in [-0.2, 0) is 24.8 Å². The monoisotopic (exact) mass is 600 g/mol. The van der Waals surface area contributed by atoms with Gasteiger partial charge in [-0.15, -0.1) is 0 Å². The molecule has 0 unspecified atom stereocenters. The first-order valence-electron chi connectivity index (χ1n) is 13.9. The van der Waals surface area contributed by atoms with Crippen LogP contribution < -0.4 is 21.1 Å². The number of ether oxygens (including phenoxy) is 1. The molecule has 222 valence electrons. The van der Waals surface area contributed by atoms with E-state index in [4.69, 9.17) is 21.3 Å². The predicted molar refractivity (Wildman–Crippen MR) is 166 cm³/mol. The molecule has 0 radical (unpaired) electrons. The molecular formula is C32H33ClN6O4. The Labute approximate surface area is 254 Å². The minimum Gasteiger partial charge on any atom is -0.444 e. The number of rotatable bonds is 8. The number of aromatic nitrogens is 3. The number of hydrogen-bond donors (Lipinski definition) is 2. The number of benzene rings is 2. The molecule has 0 aliphatic carbocycles. The van der Waals surface area contributed by atoms with Gasteiger partial charge in [0.1, 0.15) is 17.0 Å². The molecule has 11 heteroatoms. The molecule has 4 aromatic rings. The average molecular weight is 601 g/mol. The number of anilines is 2. The Balaban J connectivity index is 1.49. The first-order valence-corrected chi connectivity index (χ1v) is 14.3. The number of carbonyl (C=O) groups is 2. The van der Waals surface area contributed by atoms with E-state index in [-0.39, 0.29) is 30.6 Å². The van der Waals surface area contributed by atoms with Crippen LogP contribution in [0, 0.1) is 0 Å². The summed E-state index contributed by atoms with van der Waals surface area (Å²) in [5.74, 6) is -0.0521. The first kappa shape index (κ1) is 29.8. The number of alkyl carbamates (subject to hydrolysis) is 1. The minimum absolute atomic E-state index is 0.143. The van der Waals surface area contributed by atoms with E-state index in [9.17, 15) is 14.4 Å². The summed E-state index contributed by atoms with van der Waals surface area (Å²) in [7, 11) is 1.59. The number of nitrogens with zero attached hydrogens (tertiary/aromatic N) is 4. The lowest BCUT2D eigenvalue weighted by Crippen LogP contribution is -2.44. The Morgan fingerprint density at radius 1 is 1.05 bits per heavy atom. The van der Waals surface area contributed by atoms with Crippen LogP contribution in [0.1, 0.15) is 42.3 Å². The molecule has 2 aromatic carbocycles. The van der Waals surface area contributed by atoms with Crippen LogP contribution >= 0.6 is 11.6 Å². The van der Waals surface area contributed by atoms with Gasteiger partial charge < -0.3 is 15.4 Å². The van der Waals surface area contributed by atoms with Crippen LogP contribution in [0.2, 0.25) is 5.02 Å². The fourth-order valence-electron chi connectivity index (χ4n) is 4.94. The van der Waals surface area contributed by atoms with Crippen LogP contribution in [0.25, 0.3) is 11.3 Å². The second-order valence-corrected chi connectivity index (χ2v) is 11.7. The van der Waals surface area contributed by atoms with Crippen molar-refractivity contribution in [2.45, 2.75) is 45.4 Å². The van der Waals surface area contributed by atoms with Crippen molar-refractivity contribution < 1.29 is 14.3 Å². The molecule has 1 aliphatic heterocycles. The topological polar surface area (TPSA) is 118 Å². The van der Waals surface area contributed by atoms with E-state index in [1.54, 1.807) is 70.5 Å². The van der Waals surface area contributed by atoms with Crippen molar-refractivity contribution in [1.29, 1.82) is 0 Å². The average Bonchev–Trinajstić information content (AvgIpc) is 3.30. The third-order valence-electron chi connectivity index (χ3n) is 6.95. The van der Waals surface area contributed by atoms with E-state index < -0.39 is 23.3 Å². The summed E-state index contributed by atoms with van der Waals surface area (Å²) in [6.45, 7) is 5.80. The molecule has 0 saturated carbocycles. The Hall–Kier alpha value is -4.70. The predicted octanol–water partition coefficient (Wildman–Crippen LogP) is 5.20. The zero-order chi connectivity index (χ0) is 30.7. The van der Waals surface area contributed by atoms with Gasteiger partial charge in [0.25, 0.3) is 11.5 Å². The van der Waals surface area contributed by atoms with E-state index in [1.165, 1.54) is 9.47 Å². The maximum atomic E-state index is 14.0. The van der Waals surface area contributed by atoms with Crippen molar-refractivity contribution in [1.82, 2.24) is 19.9 Å². The molecule has 1 aliphatic rings. The lowest BCUT2D eigenvalue weighted by Gasteiger charge is -2.25. The van der Waals surface area contributed by atoms with Crippen molar-refractivity contribution in [2.75, 3.05) is 16.8 Å². The Morgan fingerprint density at radius 2 is 1.77 bits per heavy atom. The Bertz CT molecular complexity index is 1700. The van der Waals surface area contributed by atoms with Crippen molar-refractivity contribution >= 4 is 35.2 Å². The maximum absolute atomic E-state index is 14.0. The highest BCUT2D eigenvalue weighted by molar-refractivity contribution is 6.32. The highest BCUT2D eigenvalue weighted by Gasteiger charge is 2.34. The Kier molecular flexibility index (Phi) is 8.50. The quantitative estimate of drug-likeness (QED) is 0.285.